The zero-order valence-electron chi connectivity index (χ0n) is 13.0. The normalized spacial score (nSPS) is 17.7. The van der Waals surface area contributed by atoms with E-state index >= 15 is 0 Å². The lowest BCUT2D eigenvalue weighted by atomic mass is 10.1. The summed E-state index contributed by atoms with van der Waals surface area (Å²) in [5.74, 6) is 0.202. The number of ether oxygens (including phenoxy) is 1. The number of pyridine rings is 1. The molecule has 1 aromatic heterocycles. The molecule has 1 fully saturated rings. The van der Waals surface area contributed by atoms with Gasteiger partial charge < -0.3 is 9.64 Å². The molecule has 2 rings (SSSR count). The minimum atomic E-state index is 0.202. The number of nitrogens with zero attached hydrogens (tertiary/aromatic N) is 3. The van der Waals surface area contributed by atoms with E-state index in [-0.39, 0.29) is 5.91 Å². The van der Waals surface area contributed by atoms with Gasteiger partial charge in [0.05, 0.1) is 18.7 Å². The third kappa shape index (κ3) is 4.51. The largest absolute Gasteiger partial charge is 0.381 e. The van der Waals surface area contributed by atoms with Gasteiger partial charge >= 0.3 is 0 Å². The van der Waals surface area contributed by atoms with Crippen molar-refractivity contribution in [3.05, 3.63) is 30.1 Å². The second-order valence-electron chi connectivity index (χ2n) is 5.29. The summed E-state index contributed by atoms with van der Waals surface area (Å²) in [5.41, 5.74) is 1.09. The van der Waals surface area contributed by atoms with Crippen molar-refractivity contribution < 1.29 is 9.53 Å². The van der Waals surface area contributed by atoms with Crippen LogP contribution in [0, 0.1) is 0 Å². The molecular weight excluding hydrogens is 266 g/mol. The van der Waals surface area contributed by atoms with Gasteiger partial charge in [-0.05, 0) is 26.0 Å². The van der Waals surface area contributed by atoms with Gasteiger partial charge in [0.1, 0.15) is 0 Å². The smallest absolute Gasteiger partial charge is 0.224 e. The van der Waals surface area contributed by atoms with E-state index in [1.165, 1.54) is 0 Å². The van der Waals surface area contributed by atoms with Crippen LogP contribution in [0.15, 0.2) is 24.4 Å². The van der Waals surface area contributed by atoms with E-state index in [1.807, 2.05) is 30.2 Å². The lowest BCUT2D eigenvalue weighted by molar-refractivity contribution is -0.134. The van der Waals surface area contributed by atoms with Gasteiger partial charge in [-0.15, -0.1) is 0 Å². The second kappa shape index (κ2) is 8.10. The van der Waals surface area contributed by atoms with Gasteiger partial charge in [-0.3, -0.25) is 14.7 Å². The van der Waals surface area contributed by atoms with Crippen molar-refractivity contribution in [2.24, 2.45) is 0 Å². The van der Waals surface area contributed by atoms with Crippen LogP contribution in [-0.2, 0) is 9.53 Å². The van der Waals surface area contributed by atoms with Crippen molar-refractivity contribution >= 4 is 5.91 Å². The molecule has 0 radical (unpaired) electrons. The quantitative estimate of drug-likeness (QED) is 0.749. The molecule has 116 valence electrons. The summed E-state index contributed by atoms with van der Waals surface area (Å²) in [7, 11) is 0. The van der Waals surface area contributed by atoms with E-state index in [0.717, 1.165) is 31.9 Å². The fraction of sp³-hybridized carbons (Fsp3) is 0.625. The van der Waals surface area contributed by atoms with E-state index in [0.29, 0.717) is 25.7 Å². The Hall–Kier alpha value is -1.46. The molecule has 1 aliphatic heterocycles. The van der Waals surface area contributed by atoms with Crippen LogP contribution >= 0.6 is 0 Å². The first-order chi connectivity index (χ1) is 10.2. The molecule has 1 amide bonds. The highest BCUT2D eigenvalue weighted by Gasteiger charge is 2.24. The Morgan fingerprint density at radius 2 is 2.10 bits per heavy atom. The molecule has 0 saturated carbocycles. The van der Waals surface area contributed by atoms with Crippen molar-refractivity contribution in [3.63, 3.8) is 0 Å². The molecule has 0 N–H and O–H groups in total. The molecule has 2 heterocycles. The molecule has 1 saturated heterocycles. The molecule has 5 nitrogen and oxygen atoms in total. The van der Waals surface area contributed by atoms with Gasteiger partial charge in [-0.2, -0.15) is 0 Å². The molecule has 0 bridgehead atoms. The van der Waals surface area contributed by atoms with Crippen LogP contribution in [-0.4, -0.2) is 60.1 Å². The Balaban J connectivity index is 1.79. The zero-order valence-corrected chi connectivity index (χ0v) is 13.0. The predicted octanol–water partition coefficient (Wildman–Crippen LogP) is 1.71. The average Bonchev–Trinajstić information content (AvgIpc) is 2.55. The standard InChI is InChI=1S/C16H25N3O2/c1-3-21-13-7-16(20)19-11-9-18(10-12-19)14(2)15-6-4-5-8-17-15/h4-6,8,14H,3,7,9-13H2,1-2H3/t14-/m0/s1. The Kier molecular flexibility index (Phi) is 6.14. The fourth-order valence-electron chi connectivity index (χ4n) is 2.63. The van der Waals surface area contributed by atoms with Crippen molar-refractivity contribution in [1.82, 2.24) is 14.8 Å². The predicted molar refractivity (Wildman–Crippen MR) is 81.9 cm³/mol. The minimum absolute atomic E-state index is 0.202. The molecule has 1 aromatic rings. The maximum Gasteiger partial charge on any atom is 0.224 e. The van der Waals surface area contributed by atoms with Gasteiger partial charge in [-0.1, -0.05) is 6.07 Å². The summed E-state index contributed by atoms with van der Waals surface area (Å²) in [6.45, 7) is 8.71. The Labute approximate surface area is 126 Å². The maximum atomic E-state index is 12.0. The number of hydrogen-bond donors (Lipinski definition) is 0. The number of rotatable bonds is 6. The molecular formula is C16H25N3O2. The van der Waals surface area contributed by atoms with Gasteiger partial charge in [0.25, 0.3) is 0 Å². The van der Waals surface area contributed by atoms with Crippen LogP contribution in [0.2, 0.25) is 0 Å². The molecule has 1 atom stereocenters. The summed E-state index contributed by atoms with van der Waals surface area (Å²) in [6.07, 6.45) is 2.32. The molecule has 0 unspecified atom stereocenters. The van der Waals surface area contributed by atoms with Crippen LogP contribution in [0.1, 0.15) is 32.0 Å². The first kappa shape index (κ1) is 15.9. The number of hydrogen-bond acceptors (Lipinski definition) is 4. The summed E-state index contributed by atoms with van der Waals surface area (Å²) < 4.78 is 5.25. The van der Waals surface area contributed by atoms with Gasteiger partial charge in [0.15, 0.2) is 0 Å². The summed E-state index contributed by atoms with van der Waals surface area (Å²) >= 11 is 0. The number of aromatic nitrogens is 1. The molecule has 0 aromatic carbocycles. The zero-order chi connectivity index (χ0) is 15.1. The summed E-state index contributed by atoms with van der Waals surface area (Å²) in [4.78, 5) is 20.8. The van der Waals surface area contributed by atoms with Crippen LogP contribution in [0.25, 0.3) is 0 Å². The van der Waals surface area contributed by atoms with Crippen molar-refractivity contribution in [1.29, 1.82) is 0 Å². The van der Waals surface area contributed by atoms with Gasteiger partial charge in [-0.25, -0.2) is 0 Å². The average molecular weight is 291 g/mol. The highest BCUT2D eigenvalue weighted by Crippen LogP contribution is 2.19. The van der Waals surface area contributed by atoms with E-state index in [4.69, 9.17) is 4.74 Å². The van der Waals surface area contributed by atoms with Crippen molar-refractivity contribution in [2.75, 3.05) is 39.4 Å². The fourth-order valence-corrected chi connectivity index (χ4v) is 2.63. The van der Waals surface area contributed by atoms with E-state index < -0.39 is 0 Å². The minimum Gasteiger partial charge on any atom is -0.381 e. The molecule has 21 heavy (non-hydrogen) atoms. The highest BCUT2D eigenvalue weighted by atomic mass is 16.5. The summed E-state index contributed by atoms with van der Waals surface area (Å²) in [5, 5.41) is 0. The first-order valence-electron chi connectivity index (χ1n) is 7.73. The van der Waals surface area contributed by atoms with Crippen molar-refractivity contribution in [2.45, 2.75) is 26.3 Å². The Morgan fingerprint density at radius 1 is 1.33 bits per heavy atom. The lowest BCUT2D eigenvalue weighted by Gasteiger charge is -2.37. The number of amides is 1. The lowest BCUT2D eigenvalue weighted by Crippen LogP contribution is -2.49. The van der Waals surface area contributed by atoms with E-state index in [2.05, 4.69) is 22.9 Å². The number of carbonyl (C=O) groups excluding carboxylic acids is 1. The van der Waals surface area contributed by atoms with Crippen molar-refractivity contribution in [3.8, 4) is 0 Å². The van der Waals surface area contributed by atoms with E-state index in [9.17, 15) is 4.79 Å². The number of piperazine rings is 1. The third-order valence-electron chi connectivity index (χ3n) is 3.99. The number of carbonyl (C=O) groups is 1. The van der Waals surface area contributed by atoms with Crippen LogP contribution in [0.3, 0.4) is 0 Å². The van der Waals surface area contributed by atoms with Crippen LogP contribution < -0.4 is 0 Å². The first-order valence-corrected chi connectivity index (χ1v) is 7.73. The maximum absolute atomic E-state index is 12.0. The Bertz CT molecular complexity index is 430. The molecule has 0 aliphatic carbocycles. The topological polar surface area (TPSA) is 45.7 Å². The Morgan fingerprint density at radius 3 is 2.71 bits per heavy atom. The van der Waals surface area contributed by atoms with Gasteiger partial charge in [0, 0.05) is 45.0 Å². The SMILES string of the molecule is CCOCCC(=O)N1CCN([C@@H](C)c2ccccn2)CC1. The molecule has 0 spiro atoms. The highest BCUT2D eigenvalue weighted by molar-refractivity contribution is 5.76. The second-order valence-corrected chi connectivity index (χ2v) is 5.29. The monoisotopic (exact) mass is 291 g/mol. The molecule has 5 heteroatoms. The van der Waals surface area contributed by atoms with Gasteiger partial charge in [0.2, 0.25) is 5.91 Å². The van der Waals surface area contributed by atoms with E-state index in [1.54, 1.807) is 0 Å². The molecule has 1 aliphatic rings. The van der Waals surface area contributed by atoms with Crippen LogP contribution in [0.4, 0.5) is 0 Å². The van der Waals surface area contributed by atoms with Crippen LogP contribution in [0.5, 0.6) is 0 Å². The summed E-state index contributed by atoms with van der Waals surface area (Å²) in [6, 6.07) is 6.31. The third-order valence-corrected chi connectivity index (χ3v) is 3.99.